The SMILES string of the molecule is Cc1cnc(NC(=O)c2cnc(N3CCCCC3)c(C)c2)cc1Br. The van der Waals surface area contributed by atoms with Crippen molar-refractivity contribution in [3.63, 3.8) is 0 Å². The third kappa shape index (κ3) is 3.75. The van der Waals surface area contributed by atoms with Gasteiger partial charge in [-0.2, -0.15) is 0 Å². The van der Waals surface area contributed by atoms with Crippen LogP contribution < -0.4 is 10.2 Å². The number of anilines is 2. The molecule has 0 radical (unpaired) electrons. The Morgan fingerprint density at radius 3 is 2.50 bits per heavy atom. The fraction of sp³-hybridized carbons (Fsp3) is 0.389. The maximum absolute atomic E-state index is 12.4. The maximum atomic E-state index is 12.4. The Morgan fingerprint density at radius 1 is 1.08 bits per heavy atom. The maximum Gasteiger partial charge on any atom is 0.258 e. The average Bonchev–Trinajstić information content (AvgIpc) is 2.59. The molecule has 2 aromatic rings. The molecule has 24 heavy (non-hydrogen) atoms. The van der Waals surface area contributed by atoms with Crippen LogP contribution in [-0.2, 0) is 0 Å². The lowest BCUT2D eigenvalue weighted by Gasteiger charge is -2.29. The molecule has 1 amide bonds. The molecule has 0 bridgehead atoms. The monoisotopic (exact) mass is 388 g/mol. The van der Waals surface area contributed by atoms with Crippen molar-refractivity contribution < 1.29 is 4.79 Å². The van der Waals surface area contributed by atoms with Crippen LogP contribution in [0.3, 0.4) is 0 Å². The Labute approximate surface area is 150 Å². The summed E-state index contributed by atoms with van der Waals surface area (Å²) < 4.78 is 0.919. The molecule has 0 unspecified atom stereocenters. The summed E-state index contributed by atoms with van der Waals surface area (Å²) in [4.78, 5) is 23.5. The van der Waals surface area contributed by atoms with Gasteiger partial charge in [-0.05, 0) is 56.4 Å². The molecule has 1 fully saturated rings. The lowest BCUT2D eigenvalue weighted by atomic mass is 10.1. The molecule has 3 heterocycles. The van der Waals surface area contributed by atoms with E-state index in [1.165, 1.54) is 19.3 Å². The van der Waals surface area contributed by atoms with Gasteiger partial charge in [-0.25, -0.2) is 9.97 Å². The molecule has 0 aromatic carbocycles. The summed E-state index contributed by atoms with van der Waals surface area (Å²) in [6.07, 6.45) is 7.07. The Hall–Kier alpha value is -1.95. The van der Waals surface area contributed by atoms with Crippen LogP contribution in [0.4, 0.5) is 11.6 Å². The summed E-state index contributed by atoms with van der Waals surface area (Å²) in [5.74, 6) is 1.32. The van der Waals surface area contributed by atoms with Crippen molar-refractivity contribution in [3.8, 4) is 0 Å². The molecule has 0 aliphatic carbocycles. The van der Waals surface area contributed by atoms with Gasteiger partial charge >= 0.3 is 0 Å². The Morgan fingerprint density at radius 2 is 1.83 bits per heavy atom. The number of carbonyl (C=O) groups is 1. The van der Waals surface area contributed by atoms with E-state index in [-0.39, 0.29) is 5.91 Å². The lowest BCUT2D eigenvalue weighted by molar-refractivity contribution is 0.102. The van der Waals surface area contributed by atoms with Gasteiger partial charge in [-0.15, -0.1) is 0 Å². The Balaban J connectivity index is 1.75. The van der Waals surface area contributed by atoms with Gasteiger partial charge in [0.25, 0.3) is 5.91 Å². The minimum Gasteiger partial charge on any atom is -0.356 e. The predicted molar refractivity (Wildman–Crippen MR) is 99.7 cm³/mol. The number of amides is 1. The van der Waals surface area contributed by atoms with Crippen LogP contribution in [0.5, 0.6) is 0 Å². The first-order valence-corrected chi connectivity index (χ1v) is 8.99. The lowest BCUT2D eigenvalue weighted by Crippen LogP contribution is -2.31. The van der Waals surface area contributed by atoms with Gasteiger partial charge in [-0.1, -0.05) is 15.9 Å². The van der Waals surface area contributed by atoms with E-state index in [0.29, 0.717) is 11.4 Å². The minimum absolute atomic E-state index is 0.195. The first-order valence-electron chi connectivity index (χ1n) is 8.19. The number of rotatable bonds is 3. The largest absolute Gasteiger partial charge is 0.356 e. The van der Waals surface area contributed by atoms with Gasteiger partial charge in [0.1, 0.15) is 11.6 Å². The highest BCUT2D eigenvalue weighted by molar-refractivity contribution is 9.10. The number of piperidine rings is 1. The van der Waals surface area contributed by atoms with Crippen molar-refractivity contribution in [1.29, 1.82) is 0 Å². The van der Waals surface area contributed by atoms with Crippen molar-refractivity contribution in [2.75, 3.05) is 23.3 Å². The number of hydrogen-bond donors (Lipinski definition) is 1. The molecule has 0 spiro atoms. The third-order valence-electron chi connectivity index (χ3n) is 4.25. The highest BCUT2D eigenvalue weighted by atomic mass is 79.9. The molecular weight excluding hydrogens is 368 g/mol. The number of nitrogens with zero attached hydrogens (tertiary/aromatic N) is 3. The zero-order valence-electron chi connectivity index (χ0n) is 14.0. The number of carbonyl (C=O) groups excluding carboxylic acids is 1. The summed E-state index contributed by atoms with van der Waals surface area (Å²) in [5.41, 5.74) is 2.60. The van der Waals surface area contributed by atoms with E-state index in [0.717, 1.165) is 34.5 Å². The molecule has 6 heteroatoms. The van der Waals surface area contributed by atoms with Gasteiger partial charge < -0.3 is 10.2 Å². The zero-order valence-corrected chi connectivity index (χ0v) is 15.6. The minimum atomic E-state index is -0.195. The smallest absolute Gasteiger partial charge is 0.258 e. The summed E-state index contributed by atoms with van der Waals surface area (Å²) in [6.45, 7) is 6.05. The van der Waals surface area contributed by atoms with Crippen LogP contribution in [0.15, 0.2) is 29.0 Å². The molecule has 2 aromatic heterocycles. The standard InChI is InChI=1S/C18H21BrN4O/c1-12-8-14(11-21-17(12)23-6-4-3-5-7-23)18(24)22-16-9-15(19)13(2)10-20-16/h8-11H,3-7H2,1-2H3,(H,20,22,24). The van der Waals surface area contributed by atoms with Gasteiger partial charge in [0.15, 0.2) is 0 Å². The van der Waals surface area contributed by atoms with Crippen molar-refractivity contribution >= 4 is 33.5 Å². The van der Waals surface area contributed by atoms with Crippen molar-refractivity contribution in [2.24, 2.45) is 0 Å². The molecule has 1 N–H and O–H groups in total. The van der Waals surface area contributed by atoms with E-state index in [1.807, 2.05) is 19.9 Å². The Kier molecular flexibility index (Phi) is 5.14. The zero-order chi connectivity index (χ0) is 17.1. The molecule has 0 atom stereocenters. The summed E-state index contributed by atoms with van der Waals surface area (Å²) in [6, 6.07) is 3.70. The van der Waals surface area contributed by atoms with E-state index >= 15 is 0 Å². The number of hydrogen-bond acceptors (Lipinski definition) is 4. The fourth-order valence-corrected chi connectivity index (χ4v) is 3.20. The van der Waals surface area contributed by atoms with E-state index in [4.69, 9.17) is 0 Å². The van der Waals surface area contributed by atoms with Crippen LogP contribution >= 0.6 is 15.9 Å². The van der Waals surface area contributed by atoms with Gasteiger partial charge in [0.2, 0.25) is 0 Å². The molecule has 5 nitrogen and oxygen atoms in total. The summed E-state index contributed by atoms with van der Waals surface area (Å²) >= 11 is 3.45. The first-order chi connectivity index (χ1) is 11.5. The number of aryl methyl sites for hydroxylation is 2. The van der Waals surface area contributed by atoms with Crippen molar-refractivity contribution in [3.05, 3.63) is 45.7 Å². The highest BCUT2D eigenvalue weighted by Crippen LogP contribution is 2.23. The van der Waals surface area contributed by atoms with Gasteiger partial charge in [0.05, 0.1) is 5.56 Å². The molecule has 1 saturated heterocycles. The fourth-order valence-electron chi connectivity index (χ4n) is 2.88. The molecule has 0 saturated carbocycles. The third-order valence-corrected chi connectivity index (χ3v) is 5.10. The molecule has 1 aliphatic heterocycles. The normalized spacial score (nSPS) is 14.5. The summed E-state index contributed by atoms with van der Waals surface area (Å²) in [7, 11) is 0. The quantitative estimate of drug-likeness (QED) is 0.859. The van der Waals surface area contributed by atoms with Crippen LogP contribution in [0.25, 0.3) is 0 Å². The van der Waals surface area contributed by atoms with Crippen LogP contribution in [0.2, 0.25) is 0 Å². The first kappa shape index (κ1) is 16.9. The average molecular weight is 389 g/mol. The predicted octanol–water partition coefficient (Wildman–Crippen LogP) is 4.10. The second-order valence-electron chi connectivity index (χ2n) is 6.19. The van der Waals surface area contributed by atoms with Gasteiger partial charge in [-0.3, -0.25) is 4.79 Å². The van der Waals surface area contributed by atoms with Crippen molar-refractivity contribution in [1.82, 2.24) is 9.97 Å². The van der Waals surface area contributed by atoms with E-state index in [2.05, 4.69) is 36.1 Å². The summed E-state index contributed by atoms with van der Waals surface area (Å²) in [5, 5.41) is 2.82. The van der Waals surface area contributed by atoms with Crippen LogP contribution in [0.1, 0.15) is 40.7 Å². The number of aromatic nitrogens is 2. The second kappa shape index (κ2) is 7.30. The molecule has 3 rings (SSSR count). The van der Waals surface area contributed by atoms with E-state index < -0.39 is 0 Å². The number of nitrogens with one attached hydrogen (secondary N) is 1. The van der Waals surface area contributed by atoms with E-state index in [1.54, 1.807) is 18.5 Å². The highest BCUT2D eigenvalue weighted by Gasteiger charge is 2.16. The van der Waals surface area contributed by atoms with Crippen LogP contribution in [0, 0.1) is 13.8 Å². The second-order valence-corrected chi connectivity index (χ2v) is 7.04. The topological polar surface area (TPSA) is 58.1 Å². The van der Waals surface area contributed by atoms with E-state index in [9.17, 15) is 4.79 Å². The Bertz CT molecular complexity index is 757. The molecule has 1 aliphatic rings. The molecular formula is C18H21BrN4O. The van der Waals surface area contributed by atoms with Gasteiger partial charge in [0, 0.05) is 30.0 Å². The van der Waals surface area contributed by atoms with Crippen molar-refractivity contribution in [2.45, 2.75) is 33.1 Å². The molecule has 126 valence electrons. The van der Waals surface area contributed by atoms with Crippen LogP contribution in [-0.4, -0.2) is 29.0 Å². The number of pyridine rings is 2. The number of halogens is 1.